The fourth-order valence-electron chi connectivity index (χ4n) is 3.27. The first-order valence-corrected chi connectivity index (χ1v) is 7.33. The second kappa shape index (κ2) is 6.91. The molecule has 0 saturated heterocycles. The summed E-state index contributed by atoms with van der Waals surface area (Å²) in [5, 5.41) is 0. The third-order valence-corrected chi connectivity index (χ3v) is 4.53. The molecule has 3 atom stereocenters. The Hall–Kier alpha value is -0.860. The van der Waals surface area contributed by atoms with E-state index in [0.717, 1.165) is 24.7 Å². The minimum Gasteiger partial charge on any atom is -0.271 e. The molecule has 2 heteroatoms. The lowest BCUT2D eigenvalue weighted by molar-refractivity contribution is 0.333. The minimum absolute atomic E-state index is 0.488. The third kappa shape index (κ3) is 3.56. The zero-order valence-corrected chi connectivity index (χ0v) is 11.4. The Labute approximate surface area is 111 Å². The van der Waals surface area contributed by atoms with Crippen molar-refractivity contribution in [3.05, 3.63) is 35.9 Å². The molecule has 1 aliphatic rings. The highest BCUT2D eigenvalue weighted by molar-refractivity contribution is 5.14. The number of nitrogens with two attached hydrogens (primary N) is 1. The van der Waals surface area contributed by atoms with Crippen LogP contribution in [-0.4, -0.2) is 6.04 Å². The summed E-state index contributed by atoms with van der Waals surface area (Å²) in [4.78, 5) is 0. The van der Waals surface area contributed by atoms with Gasteiger partial charge in [-0.25, -0.2) is 0 Å². The van der Waals surface area contributed by atoms with Crippen LogP contribution in [0.5, 0.6) is 0 Å². The maximum Gasteiger partial charge on any atom is 0.0242 e. The van der Waals surface area contributed by atoms with Crippen LogP contribution < -0.4 is 11.3 Å². The van der Waals surface area contributed by atoms with Crippen LogP contribution >= 0.6 is 0 Å². The maximum atomic E-state index is 5.75. The summed E-state index contributed by atoms with van der Waals surface area (Å²) < 4.78 is 0. The molecule has 0 heterocycles. The fraction of sp³-hybridized carbons (Fsp3) is 0.625. The van der Waals surface area contributed by atoms with Gasteiger partial charge < -0.3 is 0 Å². The first-order chi connectivity index (χ1) is 8.83. The monoisotopic (exact) mass is 246 g/mol. The number of aryl methyl sites for hydroxylation is 1. The highest BCUT2D eigenvalue weighted by Gasteiger charge is 2.29. The van der Waals surface area contributed by atoms with Crippen LogP contribution in [0.4, 0.5) is 0 Å². The van der Waals surface area contributed by atoms with E-state index in [1.165, 1.54) is 31.2 Å². The second-order valence-electron chi connectivity index (χ2n) is 5.64. The molecule has 1 fully saturated rings. The van der Waals surface area contributed by atoms with Crippen molar-refractivity contribution in [2.75, 3.05) is 0 Å². The lowest BCUT2D eigenvalue weighted by Gasteiger charge is -2.23. The van der Waals surface area contributed by atoms with Crippen LogP contribution in [0.3, 0.4) is 0 Å². The summed E-state index contributed by atoms with van der Waals surface area (Å²) in [5.74, 6) is 7.47. The van der Waals surface area contributed by atoms with Crippen molar-refractivity contribution in [2.24, 2.45) is 17.7 Å². The summed E-state index contributed by atoms with van der Waals surface area (Å²) in [6.45, 7) is 2.31. The Bertz CT molecular complexity index is 336. The van der Waals surface area contributed by atoms with Crippen molar-refractivity contribution < 1.29 is 0 Å². The van der Waals surface area contributed by atoms with Gasteiger partial charge in [-0.2, -0.15) is 0 Å². The Morgan fingerprint density at radius 3 is 2.67 bits per heavy atom. The van der Waals surface area contributed by atoms with Crippen molar-refractivity contribution >= 4 is 0 Å². The largest absolute Gasteiger partial charge is 0.271 e. The van der Waals surface area contributed by atoms with Gasteiger partial charge in [0.15, 0.2) is 0 Å². The maximum absolute atomic E-state index is 5.75. The molecule has 0 amide bonds. The van der Waals surface area contributed by atoms with Crippen LogP contribution in [0.25, 0.3) is 0 Å². The Kier molecular flexibility index (Phi) is 5.21. The van der Waals surface area contributed by atoms with E-state index in [2.05, 4.69) is 42.7 Å². The molecule has 0 aromatic heterocycles. The average Bonchev–Trinajstić information content (AvgIpc) is 2.89. The second-order valence-corrected chi connectivity index (χ2v) is 5.64. The summed E-state index contributed by atoms with van der Waals surface area (Å²) in [7, 11) is 0. The third-order valence-electron chi connectivity index (χ3n) is 4.53. The minimum atomic E-state index is 0.488. The van der Waals surface area contributed by atoms with Gasteiger partial charge in [-0.15, -0.1) is 0 Å². The van der Waals surface area contributed by atoms with Crippen LogP contribution in [-0.2, 0) is 6.42 Å². The Balaban J connectivity index is 1.83. The van der Waals surface area contributed by atoms with Crippen LogP contribution in [0.15, 0.2) is 30.3 Å². The molecule has 2 nitrogen and oxygen atoms in total. The summed E-state index contributed by atoms with van der Waals surface area (Å²) in [6, 6.07) is 11.2. The normalized spacial score (nSPS) is 25.2. The lowest BCUT2D eigenvalue weighted by atomic mass is 9.91. The number of hydrazine groups is 1. The van der Waals surface area contributed by atoms with Crippen molar-refractivity contribution in [1.29, 1.82) is 0 Å². The van der Waals surface area contributed by atoms with E-state index < -0.39 is 0 Å². The van der Waals surface area contributed by atoms with Crippen molar-refractivity contribution in [3.63, 3.8) is 0 Å². The van der Waals surface area contributed by atoms with Crippen molar-refractivity contribution in [1.82, 2.24) is 5.43 Å². The number of benzene rings is 1. The quantitative estimate of drug-likeness (QED) is 0.597. The van der Waals surface area contributed by atoms with E-state index in [1.54, 1.807) is 0 Å². The fourth-order valence-corrected chi connectivity index (χ4v) is 3.27. The van der Waals surface area contributed by atoms with Gasteiger partial charge in [-0.3, -0.25) is 11.3 Å². The zero-order valence-electron chi connectivity index (χ0n) is 11.4. The molecule has 1 aromatic carbocycles. The topological polar surface area (TPSA) is 38.0 Å². The van der Waals surface area contributed by atoms with Gasteiger partial charge in [0.25, 0.3) is 0 Å². The van der Waals surface area contributed by atoms with E-state index in [4.69, 9.17) is 5.84 Å². The summed E-state index contributed by atoms with van der Waals surface area (Å²) in [5.41, 5.74) is 4.48. The van der Waals surface area contributed by atoms with E-state index >= 15 is 0 Å². The highest BCUT2D eigenvalue weighted by atomic mass is 15.2. The van der Waals surface area contributed by atoms with Gasteiger partial charge in [-0.1, -0.05) is 50.1 Å². The van der Waals surface area contributed by atoms with Gasteiger partial charge in [0.1, 0.15) is 0 Å². The van der Waals surface area contributed by atoms with E-state index in [1.807, 2.05) is 0 Å². The average molecular weight is 246 g/mol. The predicted octanol–water partition coefficient (Wildman–Crippen LogP) is 3.28. The first-order valence-electron chi connectivity index (χ1n) is 7.33. The Morgan fingerprint density at radius 1 is 1.28 bits per heavy atom. The molecule has 0 radical (unpaired) electrons. The van der Waals surface area contributed by atoms with Gasteiger partial charge in [0.05, 0.1) is 0 Å². The Morgan fingerprint density at radius 2 is 2.06 bits per heavy atom. The summed E-state index contributed by atoms with van der Waals surface area (Å²) >= 11 is 0. The molecule has 1 aromatic rings. The first kappa shape index (κ1) is 13.6. The van der Waals surface area contributed by atoms with Crippen LogP contribution in [0.1, 0.15) is 44.6 Å². The molecule has 18 heavy (non-hydrogen) atoms. The lowest BCUT2D eigenvalue weighted by Crippen LogP contribution is -2.40. The molecule has 0 bridgehead atoms. The van der Waals surface area contributed by atoms with E-state index in [9.17, 15) is 0 Å². The highest BCUT2D eigenvalue weighted by Crippen LogP contribution is 2.35. The standard InChI is InChI=1S/C16H26N2/c1-2-13-8-10-15(12-13)16(18-17)11-9-14-6-4-3-5-7-14/h3-7,13,15-16,18H,2,8-12,17H2,1H3. The van der Waals surface area contributed by atoms with Gasteiger partial charge >= 0.3 is 0 Å². The smallest absolute Gasteiger partial charge is 0.0242 e. The molecular formula is C16H26N2. The number of rotatable bonds is 6. The van der Waals surface area contributed by atoms with E-state index in [-0.39, 0.29) is 0 Å². The molecule has 0 spiro atoms. The summed E-state index contributed by atoms with van der Waals surface area (Å²) in [6.07, 6.45) is 7.71. The molecular weight excluding hydrogens is 220 g/mol. The van der Waals surface area contributed by atoms with Crippen molar-refractivity contribution in [2.45, 2.75) is 51.5 Å². The zero-order chi connectivity index (χ0) is 12.8. The van der Waals surface area contributed by atoms with Crippen molar-refractivity contribution in [3.8, 4) is 0 Å². The van der Waals surface area contributed by atoms with Crippen LogP contribution in [0.2, 0.25) is 0 Å². The predicted molar refractivity (Wildman–Crippen MR) is 77.0 cm³/mol. The molecule has 3 N–H and O–H groups in total. The molecule has 1 saturated carbocycles. The van der Waals surface area contributed by atoms with Crippen LogP contribution in [0, 0.1) is 11.8 Å². The number of nitrogens with one attached hydrogen (secondary N) is 1. The molecule has 3 unspecified atom stereocenters. The molecule has 0 aliphatic heterocycles. The van der Waals surface area contributed by atoms with E-state index in [0.29, 0.717) is 6.04 Å². The molecule has 2 rings (SSSR count). The van der Waals surface area contributed by atoms with Gasteiger partial charge in [0, 0.05) is 6.04 Å². The SMILES string of the molecule is CCC1CCC(C(CCc2ccccc2)NN)C1. The van der Waals surface area contributed by atoms with Gasteiger partial charge in [0.2, 0.25) is 0 Å². The molecule has 1 aliphatic carbocycles. The van der Waals surface area contributed by atoms with Gasteiger partial charge in [-0.05, 0) is 43.1 Å². The molecule has 100 valence electrons. The number of hydrogen-bond donors (Lipinski definition) is 2. The number of hydrogen-bond acceptors (Lipinski definition) is 2.